The number of aromatic nitrogens is 3. The maximum absolute atomic E-state index is 12.4. The van der Waals surface area contributed by atoms with E-state index in [1.807, 2.05) is 6.92 Å². The van der Waals surface area contributed by atoms with Crippen LogP contribution >= 0.6 is 0 Å². The summed E-state index contributed by atoms with van der Waals surface area (Å²) in [6.45, 7) is 4.98. The summed E-state index contributed by atoms with van der Waals surface area (Å²) < 4.78 is 12.2. The molecule has 0 unspecified atom stereocenters. The average molecular weight is 332 g/mol. The smallest absolute Gasteiger partial charge is 0.409 e. The van der Waals surface area contributed by atoms with Crippen LogP contribution in [0.1, 0.15) is 35.8 Å². The molecule has 1 aliphatic rings. The normalized spacial score (nSPS) is 15.5. The lowest BCUT2D eigenvalue weighted by atomic mass is 10.1. The molecule has 1 amide bonds. The summed E-state index contributed by atoms with van der Waals surface area (Å²) in [4.78, 5) is 29.9. The number of carbonyl (C=O) groups is 2. The topological polar surface area (TPSA) is 86.0 Å². The molecule has 0 atom stereocenters. The van der Waals surface area contributed by atoms with Crippen LogP contribution in [-0.4, -0.2) is 57.4 Å². The first kappa shape index (κ1) is 16.2. The zero-order valence-electron chi connectivity index (χ0n) is 13.8. The third kappa shape index (κ3) is 3.17. The molecule has 8 heteroatoms. The van der Waals surface area contributed by atoms with Gasteiger partial charge in [-0.15, -0.1) is 0 Å². The van der Waals surface area contributed by atoms with Gasteiger partial charge in [0.05, 0.1) is 24.1 Å². The van der Waals surface area contributed by atoms with Crippen LogP contribution in [0.4, 0.5) is 4.79 Å². The third-order valence-corrected chi connectivity index (χ3v) is 4.12. The second-order valence-corrected chi connectivity index (χ2v) is 5.65. The van der Waals surface area contributed by atoms with Gasteiger partial charge < -0.3 is 14.4 Å². The fourth-order valence-corrected chi connectivity index (χ4v) is 2.78. The Balaban J connectivity index is 1.61. The zero-order valence-corrected chi connectivity index (χ0v) is 13.8. The Bertz CT molecular complexity index is 750. The van der Waals surface area contributed by atoms with E-state index < -0.39 is 5.97 Å². The summed E-state index contributed by atoms with van der Waals surface area (Å²) >= 11 is 0. The van der Waals surface area contributed by atoms with Crippen molar-refractivity contribution in [3.8, 4) is 0 Å². The van der Waals surface area contributed by atoms with Crippen molar-refractivity contribution in [3.63, 3.8) is 0 Å². The summed E-state index contributed by atoms with van der Waals surface area (Å²) in [7, 11) is 0. The molecule has 128 valence electrons. The predicted octanol–water partition coefficient (Wildman–Crippen LogP) is 1.82. The van der Waals surface area contributed by atoms with Crippen molar-refractivity contribution >= 4 is 17.7 Å². The molecule has 3 heterocycles. The van der Waals surface area contributed by atoms with Crippen LogP contribution in [0.3, 0.4) is 0 Å². The molecule has 3 rings (SSSR count). The van der Waals surface area contributed by atoms with Crippen LogP contribution in [0.5, 0.6) is 0 Å². The maximum atomic E-state index is 12.4. The lowest BCUT2D eigenvalue weighted by Crippen LogP contribution is -2.41. The number of hydrogen-bond donors (Lipinski definition) is 0. The van der Waals surface area contributed by atoms with Crippen molar-refractivity contribution in [3.05, 3.63) is 29.7 Å². The minimum atomic E-state index is -0.410. The van der Waals surface area contributed by atoms with Crippen LogP contribution in [0.15, 0.2) is 18.5 Å². The molecule has 0 aliphatic carbocycles. The van der Waals surface area contributed by atoms with E-state index in [-0.39, 0.29) is 12.2 Å². The number of fused-ring (bicyclic) bond motifs is 1. The molecule has 0 spiro atoms. The molecule has 1 aliphatic heterocycles. The maximum Gasteiger partial charge on any atom is 0.409 e. The minimum absolute atomic E-state index is 0.212. The molecule has 0 N–H and O–H groups in total. The molecule has 24 heavy (non-hydrogen) atoms. The number of likely N-dealkylation sites (tertiary alicyclic amines) is 1. The van der Waals surface area contributed by atoms with Crippen LogP contribution in [0.2, 0.25) is 0 Å². The number of carbonyl (C=O) groups excluding carboxylic acids is 2. The Labute approximate surface area is 139 Å². The number of piperidine rings is 1. The molecular weight excluding hydrogens is 312 g/mol. The lowest BCUT2D eigenvalue weighted by molar-refractivity contribution is 0.0106. The Kier molecular flexibility index (Phi) is 4.64. The Morgan fingerprint density at radius 3 is 2.79 bits per heavy atom. The third-order valence-electron chi connectivity index (χ3n) is 4.12. The zero-order chi connectivity index (χ0) is 17.1. The minimum Gasteiger partial charge on any atom is -0.459 e. The highest BCUT2D eigenvalue weighted by Crippen LogP contribution is 2.18. The monoisotopic (exact) mass is 332 g/mol. The van der Waals surface area contributed by atoms with Gasteiger partial charge in [-0.3, -0.25) is 0 Å². The SMILES string of the molecule is CCOC(=O)N1CCC(OC(=O)c2cnc3ccnn3c2C)CC1. The van der Waals surface area contributed by atoms with E-state index in [9.17, 15) is 9.59 Å². The standard InChI is InChI=1S/C16H20N4O4/c1-3-23-16(22)19-8-5-12(6-9-19)24-15(21)13-10-17-14-4-7-18-20(14)11(13)2/h4,7,10,12H,3,5-6,8-9H2,1-2H3. The van der Waals surface area contributed by atoms with Crippen LogP contribution in [0.25, 0.3) is 5.65 Å². The van der Waals surface area contributed by atoms with Crippen molar-refractivity contribution in [1.29, 1.82) is 0 Å². The molecule has 0 radical (unpaired) electrons. The van der Waals surface area contributed by atoms with E-state index in [1.165, 1.54) is 6.20 Å². The van der Waals surface area contributed by atoms with E-state index in [4.69, 9.17) is 9.47 Å². The highest BCUT2D eigenvalue weighted by atomic mass is 16.6. The number of aryl methyl sites for hydroxylation is 1. The largest absolute Gasteiger partial charge is 0.459 e. The summed E-state index contributed by atoms with van der Waals surface area (Å²) in [6.07, 6.45) is 3.82. The predicted molar refractivity (Wildman–Crippen MR) is 84.8 cm³/mol. The number of rotatable bonds is 3. The van der Waals surface area contributed by atoms with Gasteiger partial charge >= 0.3 is 12.1 Å². The number of nitrogens with zero attached hydrogens (tertiary/aromatic N) is 4. The molecule has 0 bridgehead atoms. The second kappa shape index (κ2) is 6.86. The molecule has 2 aromatic heterocycles. The van der Waals surface area contributed by atoms with Gasteiger partial charge in [-0.05, 0) is 13.8 Å². The first-order valence-corrected chi connectivity index (χ1v) is 8.02. The van der Waals surface area contributed by atoms with Gasteiger partial charge in [-0.1, -0.05) is 0 Å². The highest BCUT2D eigenvalue weighted by Gasteiger charge is 2.27. The molecule has 0 saturated carbocycles. The van der Waals surface area contributed by atoms with Crippen molar-refractivity contribution in [2.24, 2.45) is 0 Å². The van der Waals surface area contributed by atoms with Gasteiger partial charge in [-0.25, -0.2) is 19.1 Å². The van der Waals surface area contributed by atoms with Gasteiger partial charge in [0.2, 0.25) is 0 Å². The molecule has 8 nitrogen and oxygen atoms in total. The Morgan fingerprint density at radius 2 is 2.08 bits per heavy atom. The molecule has 0 aromatic carbocycles. The average Bonchev–Trinajstić information content (AvgIpc) is 3.05. The summed E-state index contributed by atoms with van der Waals surface area (Å²) in [5.74, 6) is -0.410. The molecule has 1 fully saturated rings. The summed E-state index contributed by atoms with van der Waals surface area (Å²) in [5.41, 5.74) is 1.78. The fourth-order valence-electron chi connectivity index (χ4n) is 2.78. The highest BCUT2D eigenvalue weighted by molar-refractivity contribution is 5.90. The van der Waals surface area contributed by atoms with Crippen molar-refractivity contribution < 1.29 is 19.1 Å². The lowest BCUT2D eigenvalue weighted by Gasteiger charge is -2.30. The van der Waals surface area contributed by atoms with Gasteiger partial charge in [0, 0.05) is 38.2 Å². The molecule has 2 aromatic rings. The number of ether oxygens (including phenoxy) is 2. The quantitative estimate of drug-likeness (QED) is 0.797. The van der Waals surface area contributed by atoms with E-state index >= 15 is 0 Å². The Hall–Kier alpha value is -2.64. The van der Waals surface area contributed by atoms with Crippen LogP contribution in [0, 0.1) is 6.92 Å². The van der Waals surface area contributed by atoms with Gasteiger partial charge in [0.15, 0.2) is 5.65 Å². The number of esters is 1. The molecular formula is C16H20N4O4. The summed E-state index contributed by atoms with van der Waals surface area (Å²) in [6, 6.07) is 1.77. The van der Waals surface area contributed by atoms with E-state index in [0.717, 1.165) is 0 Å². The number of hydrogen-bond acceptors (Lipinski definition) is 6. The van der Waals surface area contributed by atoms with E-state index in [2.05, 4.69) is 10.1 Å². The fraction of sp³-hybridized carbons (Fsp3) is 0.500. The van der Waals surface area contributed by atoms with Gasteiger partial charge in [0.25, 0.3) is 0 Å². The van der Waals surface area contributed by atoms with Crippen molar-refractivity contribution in [2.75, 3.05) is 19.7 Å². The van der Waals surface area contributed by atoms with Crippen molar-refractivity contribution in [1.82, 2.24) is 19.5 Å². The molecule has 1 saturated heterocycles. The van der Waals surface area contributed by atoms with Gasteiger partial charge in [-0.2, -0.15) is 5.10 Å². The summed E-state index contributed by atoms with van der Waals surface area (Å²) in [5, 5.41) is 4.14. The number of amides is 1. The second-order valence-electron chi connectivity index (χ2n) is 5.65. The van der Waals surface area contributed by atoms with Gasteiger partial charge in [0.1, 0.15) is 6.10 Å². The first-order chi connectivity index (χ1) is 11.6. The van der Waals surface area contributed by atoms with E-state index in [0.29, 0.717) is 49.4 Å². The van der Waals surface area contributed by atoms with E-state index in [1.54, 1.807) is 28.6 Å². The van der Waals surface area contributed by atoms with Crippen molar-refractivity contribution in [2.45, 2.75) is 32.8 Å². The van der Waals surface area contributed by atoms with Crippen LogP contribution < -0.4 is 0 Å². The first-order valence-electron chi connectivity index (χ1n) is 8.02. The van der Waals surface area contributed by atoms with Crippen LogP contribution in [-0.2, 0) is 9.47 Å². The Morgan fingerprint density at radius 1 is 1.33 bits per heavy atom.